The molecule has 4 aromatic rings. The van der Waals surface area contributed by atoms with Crippen LogP contribution in [0, 0.1) is 6.92 Å². The summed E-state index contributed by atoms with van der Waals surface area (Å²) in [5.41, 5.74) is 3.20. The zero-order chi connectivity index (χ0) is 23.9. The predicted octanol–water partition coefficient (Wildman–Crippen LogP) is 4.27. The Kier molecular flexibility index (Phi) is 5.52. The van der Waals surface area contributed by atoms with E-state index in [1.807, 2.05) is 49.2 Å². The van der Waals surface area contributed by atoms with E-state index >= 15 is 0 Å². The molecular formula is C24H25N7O2S. The monoisotopic (exact) mass is 475 g/mol. The number of amides is 2. The van der Waals surface area contributed by atoms with Gasteiger partial charge in [0.05, 0.1) is 35.7 Å². The van der Waals surface area contributed by atoms with E-state index in [1.165, 1.54) is 17.5 Å². The van der Waals surface area contributed by atoms with Crippen LogP contribution in [0.2, 0.25) is 0 Å². The number of aromatic amines is 1. The average Bonchev–Trinajstić information content (AvgIpc) is 3.20. The third-order valence-electron chi connectivity index (χ3n) is 6.33. The van der Waals surface area contributed by atoms with Crippen LogP contribution >= 0.6 is 11.3 Å². The average molecular weight is 476 g/mol. The summed E-state index contributed by atoms with van der Waals surface area (Å²) in [7, 11) is 1.86. The van der Waals surface area contributed by atoms with Crippen LogP contribution in [0.25, 0.3) is 10.9 Å². The minimum atomic E-state index is -0.244. The maximum atomic E-state index is 12.9. The van der Waals surface area contributed by atoms with Gasteiger partial charge in [-0.2, -0.15) is 5.10 Å². The first-order valence-electron chi connectivity index (χ1n) is 11.0. The molecule has 1 aliphatic carbocycles. The molecule has 5 rings (SSSR count). The van der Waals surface area contributed by atoms with Gasteiger partial charge in [0.25, 0.3) is 5.91 Å². The van der Waals surface area contributed by atoms with E-state index in [4.69, 9.17) is 0 Å². The highest BCUT2D eigenvalue weighted by Crippen LogP contribution is 2.40. The molecular weight excluding hydrogens is 450 g/mol. The molecule has 0 unspecified atom stereocenters. The maximum Gasteiger partial charge on any atom is 0.267 e. The molecule has 1 saturated carbocycles. The van der Waals surface area contributed by atoms with Gasteiger partial charge in [-0.1, -0.05) is 23.5 Å². The van der Waals surface area contributed by atoms with Gasteiger partial charge in [-0.3, -0.25) is 14.7 Å². The number of hydrogen-bond donors (Lipinski definition) is 3. The maximum absolute atomic E-state index is 12.9. The van der Waals surface area contributed by atoms with Crippen LogP contribution in [0.5, 0.6) is 0 Å². The molecule has 174 valence electrons. The van der Waals surface area contributed by atoms with Crippen molar-refractivity contribution >= 4 is 50.7 Å². The second-order valence-electron chi connectivity index (χ2n) is 8.84. The Bertz CT molecular complexity index is 1390. The molecule has 3 aromatic heterocycles. The minimum Gasteiger partial charge on any atom is -0.340 e. The Labute approximate surface area is 200 Å². The Morgan fingerprint density at radius 2 is 2.03 bits per heavy atom. The van der Waals surface area contributed by atoms with Gasteiger partial charge in [0, 0.05) is 18.0 Å². The third kappa shape index (κ3) is 4.36. The fraction of sp³-hybridized carbons (Fsp3) is 0.292. The molecule has 9 nitrogen and oxygen atoms in total. The first-order valence-corrected chi connectivity index (χ1v) is 11.8. The fourth-order valence-corrected chi connectivity index (χ4v) is 4.47. The molecule has 0 aliphatic heterocycles. The molecule has 0 radical (unpaired) electrons. The largest absolute Gasteiger partial charge is 0.340 e. The number of rotatable bonds is 7. The van der Waals surface area contributed by atoms with Gasteiger partial charge < -0.3 is 15.5 Å². The summed E-state index contributed by atoms with van der Waals surface area (Å²) in [5, 5.41) is 14.5. The summed E-state index contributed by atoms with van der Waals surface area (Å²) >= 11 is 1.23. The molecule has 1 aromatic carbocycles. The number of nitrogens with one attached hydrogen (secondary N) is 3. The van der Waals surface area contributed by atoms with Crippen molar-refractivity contribution < 1.29 is 9.59 Å². The number of thiazole rings is 1. The van der Waals surface area contributed by atoms with Gasteiger partial charge >= 0.3 is 0 Å². The van der Waals surface area contributed by atoms with Crippen molar-refractivity contribution in [1.29, 1.82) is 0 Å². The Hall–Kier alpha value is -3.79. The van der Waals surface area contributed by atoms with Gasteiger partial charge in [0.15, 0.2) is 5.13 Å². The lowest BCUT2D eigenvalue weighted by Crippen LogP contribution is -2.37. The number of nitrogens with zero attached hydrogens (tertiary/aromatic N) is 4. The molecule has 3 heterocycles. The summed E-state index contributed by atoms with van der Waals surface area (Å²) < 4.78 is 0. The van der Waals surface area contributed by atoms with Crippen molar-refractivity contribution in [3.05, 3.63) is 58.9 Å². The van der Waals surface area contributed by atoms with Gasteiger partial charge in [-0.05, 0) is 50.5 Å². The first kappa shape index (κ1) is 22.0. The van der Waals surface area contributed by atoms with E-state index in [1.54, 1.807) is 6.20 Å². The lowest BCUT2D eigenvalue weighted by atomic mass is 10.1. The summed E-state index contributed by atoms with van der Waals surface area (Å²) in [6, 6.07) is 9.37. The number of fused-ring (bicyclic) bond motifs is 1. The van der Waals surface area contributed by atoms with Crippen molar-refractivity contribution in [2.45, 2.75) is 38.6 Å². The number of likely N-dealkylation sites (N-methyl/N-ethyl adjacent to an activating group) is 1. The third-order valence-corrected chi connectivity index (χ3v) is 7.24. The molecule has 0 atom stereocenters. The van der Waals surface area contributed by atoms with Crippen molar-refractivity contribution in [2.75, 3.05) is 17.7 Å². The molecule has 0 spiro atoms. The van der Waals surface area contributed by atoms with Crippen LogP contribution in [-0.2, 0) is 11.2 Å². The molecule has 10 heteroatoms. The van der Waals surface area contributed by atoms with Crippen LogP contribution in [-0.4, -0.2) is 49.5 Å². The van der Waals surface area contributed by atoms with Crippen molar-refractivity contribution in [3.63, 3.8) is 0 Å². The first-order chi connectivity index (χ1) is 16.3. The normalized spacial score (nSPS) is 14.1. The number of pyridine rings is 1. The van der Waals surface area contributed by atoms with E-state index in [9.17, 15) is 9.59 Å². The molecule has 1 aliphatic rings. The van der Waals surface area contributed by atoms with Crippen molar-refractivity contribution in [3.8, 4) is 0 Å². The number of aromatic nitrogens is 4. The van der Waals surface area contributed by atoms with Crippen LogP contribution < -0.4 is 10.6 Å². The topological polar surface area (TPSA) is 116 Å². The van der Waals surface area contributed by atoms with E-state index in [0.29, 0.717) is 21.5 Å². The van der Waals surface area contributed by atoms with Crippen LogP contribution in [0.15, 0.2) is 42.7 Å². The molecule has 2 amide bonds. The SMILES string of the molecule is Cc1ccc2[nH]ncc2c1NC(=O)c1cnc(Nc2cccc(CC(=O)N(C)C3(C)CC3)n2)s1. The quantitative estimate of drug-likeness (QED) is 0.368. The van der Waals surface area contributed by atoms with E-state index in [0.717, 1.165) is 35.0 Å². The van der Waals surface area contributed by atoms with Crippen molar-refractivity contribution in [2.24, 2.45) is 0 Å². The number of benzene rings is 1. The second-order valence-corrected chi connectivity index (χ2v) is 9.87. The number of hydrogen-bond acceptors (Lipinski definition) is 7. The predicted molar refractivity (Wildman–Crippen MR) is 133 cm³/mol. The van der Waals surface area contributed by atoms with Crippen molar-refractivity contribution in [1.82, 2.24) is 25.1 Å². The number of anilines is 3. The molecule has 1 fully saturated rings. The lowest BCUT2D eigenvalue weighted by Gasteiger charge is -2.24. The number of carbonyl (C=O) groups excluding carboxylic acids is 2. The molecule has 34 heavy (non-hydrogen) atoms. The lowest BCUT2D eigenvalue weighted by molar-refractivity contribution is -0.131. The zero-order valence-electron chi connectivity index (χ0n) is 19.2. The second kappa shape index (κ2) is 8.53. The van der Waals surface area contributed by atoms with E-state index in [-0.39, 0.29) is 23.8 Å². The Balaban J connectivity index is 1.26. The highest BCUT2D eigenvalue weighted by Gasteiger charge is 2.43. The zero-order valence-corrected chi connectivity index (χ0v) is 20.0. The van der Waals surface area contributed by atoms with Crippen LogP contribution in [0.4, 0.5) is 16.6 Å². The summed E-state index contributed by atoms with van der Waals surface area (Å²) in [4.78, 5) is 36.6. The van der Waals surface area contributed by atoms with Gasteiger partial charge in [-0.25, -0.2) is 9.97 Å². The standard InChI is InChI=1S/C24H25N7O2S/c1-14-7-8-17-16(12-26-30-17)21(14)29-22(33)18-13-25-23(34-18)28-19-6-4-5-15(27-19)11-20(32)31(3)24(2)9-10-24/h4-8,12-13H,9-11H2,1-3H3,(H,26,30)(H,29,33)(H,25,27,28). The van der Waals surface area contributed by atoms with Gasteiger partial charge in [0.2, 0.25) is 5.91 Å². The van der Waals surface area contributed by atoms with E-state index < -0.39 is 0 Å². The molecule has 0 bridgehead atoms. The van der Waals surface area contributed by atoms with Crippen LogP contribution in [0.3, 0.4) is 0 Å². The number of carbonyl (C=O) groups is 2. The summed E-state index contributed by atoms with van der Waals surface area (Å²) in [6.45, 7) is 4.04. The van der Waals surface area contributed by atoms with E-state index in [2.05, 4.69) is 37.7 Å². The van der Waals surface area contributed by atoms with Gasteiger partial charge in [0.1, 0.15) is 10.7 Å². The molecule has 3 N–H and O–H groups in total. The number of aryl methyl sites for hydroxylation is 1. The van der Waals surface area contributed by atoms with Gasteiger partial charge in [-0.15, -0.1) is 0 Å². The highest BCUT2D eigenvalue weighted by atomic mass is 32.1. The summed E-state index contributed by atoms with van der Waals surface area (Å²) in [6.07, 6.45) is 5.56. The Morgan fingerprint density at radius 3 is 2.82 bits per heavy atom. The highest BCUT2D eigenvalue weighted by molar-refractivity contribution is 7.17. The number of H-pyrrole nitrogens is 1. The fourth-order valence-electron chi connectivity index (χ4n) is 3.75. The Morgan fingerprint density at radius 1 is 1.21 bits per heavy atom. The summed E-state index contributed by atoms with van der Waals surface area (Å²) in [5.74, 6) is 0.387. The molecule has 0 saturated heterocycles. The van der Waals surface area contributed by atoms with Crippen LogP contribution in [0.1, 0.15) is 40.7 Å². The smallest absolute Gasteiger partial charge is 0.267 e. The minimum absolute atomic E-state index is 0.00746.